The third-order valence-corrected chi connectivity index (χ3v) is 2.71. The topological polar surface area (TPSA) is 52.6 Å². The fourth-order valence-corrected chi connectivity index (χ4v) is 1.86. The van der Waals surface area contributed by atoms with Crippen molar-refractivity contribution in [1.29, 1.82) is 0 Å². The third kappa shape index (κ3) is 2.73. The molecule has 1 fully saturated rings. The van der Waals surface area contributed by atoms with Crippen molar-refractivity contribution in [3.05, 3.63) is 29.8 Å². The molecule has 1 saturated heterocycles. The molecule has 0 radical (unpaired) electrons. The Morgan fingerprint density at radius 3 is 3.06 bits per heavy atom. The van der Waals surface area contributed by atoms with Crippen molar-refractivity contribution in [3.63, 3.8) is 0 Å². The van der Waals surface area contributed by atoms with Crippen molar-refractivity contribution in [2.24, 2.45) is 0 Å². The van der Waals surface area contributed by atoms with E-state index in [2.05, 4.69) is 5.32 Å². The lowest BCUT2D eigenvalue weighted by atomic mass is 10.2. The molecular weight excluding hydrogens is 204 g/mol. The number of nitrogens with one attached hydrogen (secondary N) is 1. The van der Waals surface area contributed by atoms with E-state index in [9.17, 15) is 9.90 Å². The van der Waals surface area contributed by atoms with Crippen molar-refractivity contribution in [1.82, 2.24) is 10.2 Å². The fourth-order valence-electron chi connectivity index (χ4n) is 1.86. The molecule has 2 N–H and O–H groups in total. The summed E-state index contributed by atoms with van der Waals surface area (Å²) in [5.41, 5.74) is 0.968. The lowest BCUT2D eigenvalue weighted by Crippen LogP contribution is -2.31. The summed E-state index contributed by atoms with van der Waals surface area (Å²) in [7, 11) is 0. The van der Waals surface area contributed by atoms with Gasteiger partial charge in [-0.15, -0.1) is 0 Å². The van der Waals surface area contributed by atoms with E-state index in [1.165, 1.54) is 0 Å². The zero-order valence-electron chi connectivity index (χ0n) is 9.15. The number of hydrogen-bond acceptors (Lipinski definition) is 3. The van der Waals surface area contributed by atoms with Crippen LogP contribution in [0.2, 0.25) is 0 Å². The molecule has 0 aliphatic carbocycles. The number of amides is 1. The Bertz CT molecular complexity index is 379. The minimum Gasteiger partial charge on any atom is -0.508 e. The SMILES string of the molecule is O=C1CCNCCN1Cc1cccc(O)c1. The molecule has 4 heteroatoms. The van der Waals surface area contributed by atoms with Crippen LogP contribution in [0.3, 0.4) is 0 Å². The highest BCUT2D eigenvalue weighted by molar-refractivity contribution is 5.76. The zero-order chi connectivity index (χ0) is 11.4. The van der Waals surface area contributed by atoms with Crippen LogP contribution in [0.4, 0.5) is 0 Å². The Kier molecular flexibility index (Phi) is 3.41. The van der Waals surface area contributed by atoms with Gasteiger partial charge in [0.25, 0.3) is 0 Å². The van der Waals surface area contributed by atoms with Gasteiger partial charge in [-0.25, -0.2) is 0 Å². The molecule has 0 unspecified atom stereocenters. The van der Waals surface area contributed by atoms with Crippen molar-refractivity contribution in [2.75, 3.05) is 19.6 Å². The van der Waals surface area contributed by atoms with Crippen molar-refractivity contribution in [3.8, 4) is 5.75 Å². The maximum absolute atomic E-state index is 11.7. The van der Waals surface area contributed by atoms with Crippen LogP contribution in [0, 0.1) is 0 Å². The number of phenols is 1. The summed E-state index contributed by atoms with van der Waals surface area (Å²) in [6, 6.07) is 7.05. The van der Waals surface area contributed by atoms with Crippen LogP contribution in [-0.2, 0) is 11.3 Å². The van der Waals surface area contributed by atoms with Gasteiger partial charge in [0.2, 0.25) is 5.91 Å². The lowest BCUT2D eigenvalue weighted by Gasteiger charge is -2.20. The van der Waals surface area contributed by atoms with E-state index in [0.29, 0.717) is 13.0 Å². The minimum atomic E-state index is 0.174. The molecule has 1 heterocycles. The van der Waals surface area contributed by atoms with Crippen molar-refractivity contribution in [2.45, 2.75) is 13.0 Å². The molecule has 86 valence electrons. The van der Waals surface area contributed by atoms with Crippen LogP contribution in [-0.4, -0.2) is 35.5 Å². The number of phenolic OH excluding ortho intramolecular Hbond substituents is 1. The van der Waals surface area contributed by atoms with E-state index < -0.39 is 0 Å². The number of rotatable bonds is 2. The summed E-state index contributed by atoms with van der Waals surface area (Å²) < 4.78 is 0. The van der Waals surface area contributed by atoms with E-state index in [1.807, 2.05) is 11.0 Å². The number of aromatic hydroxyl groups is 1. The summed E-state index contributed by atoms with van der Waals surface area (Å²) in [6.45, 7) is 2.91. The molecule has 0 spiro atoms. The first-order valence-corrected chi connectivity index (χ1v) is 5.52. The van der Waals surface area contributed by atoms with Gasteiger partial charge in [0.1, 0.15) is 5.75 Å². The maximum Gasteiger partial charge on any atom is 0.224 e. The smallest absolute Gasteiger partial charge is 0.224 e. The minimum absolute atomic E-state index is 0.174. The summed E-state index contributed by atoms with van der Waals surface area (Å²) in [5, 5.41) is 12.5. The van der Waals surface area contributed by atoms with E-state index in [1.54, 1.807) is 18.2 Å². The van der Waals surface area contributed by atoms with Crippen LogP contribution in [0.1, 0.15) is 12.0 Å². The predicted molar refractivity (Wildman–Crippen MR) is 61.0 cm³/mol. The second kappa shape index (κ2) is 4.99. The lowest BCUT2D eigenvalue weighted by molar-refractivity contribution is -0.130. The molecular formula is C12H16N2O2. The van der Waals surface area contributed by atoms with Gasteiger partial charge in [-0.1, -0.05) is 12.1 Å². The molecule has 0 bridgehead atoms. The number of nitrogens with zero attached hydrogens (tertiary/aromatic N) is 1. The molecule has 1 aromatic carbocycles. The van der Waals surface area contributed by atoms with Gasteiger partial charge in [-0.3, -0.25) is 4.79 Å². The van der Waals surface area contributed by atoms with Gasteiger partial charge < -0.3 is 15.3 Å². The van der Waals surface area contributed by atoms with E-state index >= 15 is 0 Å². The molecule has 4 nitrogen and oxygen atoms in total. The summed E-state index contributed by atoms with van der Waals surface area (Å²) in [6.07, 6.45) is 0.554. The first-order valence-electron chi connectivity index (χ1n) is 5.52. The Morgan fingerprint density at radius 1 is 1.38 bits per heavy atom. The second-order valence-corrected chi connectivity index (χ2v) is 3.99. The van der Waals surface area contributed by atoms with Gasteiger partial charge in [0, 0.05) is 32.6 Å². The molecule has 0 aromatic heterocycles. The third-order valence-electron chi connectivity index (χ3n) is 2.71. The zero-order valence-corrected chi connectivity index (χ0v) is 9.15. The number of benzene rings is 1. The normalized spacial score (nSPS) is 17.2. The second-order valence-electron chi connectivity index (χ2n) is 3.99. The molecule has 1 aliphatic heterocycles. The number of carbonyl (C=O) groups is 1. The van der Waals surface area contributed by atoms with Gasteiger partial charge in [0.05, 0.1) is 0 Å². The summed E-state index contributed by atoms with van der Waals surface area (Å²) in [5.74, 6) is 0.422. The standard InChI is InChI=1S/C12H16N2O2/c15-11-3-1-2-10(8-11)9-14-7-6-13-5-4-12(14)16/h1-3,8,13,15H,4-7,9H2. The van der Waals surface area contributed by atoms with Gasteiger partial charge >= 0.3 is 0 Å². The highest BCUT2D eigenvalue weighted by Gasteiger charge is 2.16. The Morgan fingerprint density at radius 2 is 2.25 bits per heavy atom. The van der Waals surface area contributed by atoms with Crippen LogP contribution >= 0.6 is 0 Å². The van der Waals surface area contributed by atoms with Crippen LogP contribution in [0.25, 0.3) is 0 Å². The van der Waals surface area contributed by atoms with Gasteiger partial charge in [-0.2, -0.15) is 0 Å². The Balaban J connectivity index is 2.05. The monoisotopic (exact) mass is 220 g/mol. The van der Waals surface area contributed by atoms with Crippen LogP contribution < -0.4 is 5.32 Å². The summed E-state index contributed by atoms with van der Waals surface area (Å²) >= 11 is 0. The van der Waals surface area contributed by atoms with Gasteiger partial charge in [0.15, 0.2) is 0 Å². The highest BCUT2D eigenvalue weighted by atomic mass is 16.3. The maximum atomic E-state index is 11.7. The molecule has 1 aliphatic rings. The van der Waals surface area contributed by atoms with Crippen LogP contribution in [0.15, 0.2) is 24.3 Å². The molecule has 0 atom stereocenters. The van der Waals surface area contributed by atoms with E-state index in [-0.39, 0.29) is 11.7 Å². The van der Waals surface area contributed by atoms with Crippen LogP contribution in [0.5, 0.6) is 5.75 Å². The Hall–Kier alpha value is -1.55. The number of carbonyl (C=O) groups excluding carboxylic acids is 1. The van der Waals surface area contributed by atoms with E-state index in [0.717, 1.165) is 25.2 Å². The highest BCUT2D eigenvalue weighted by Crippen LogP contribution is 2.13. The predicted octanol–water partition coefficient (Wildman–Crippen LogP) is 0.714. The van der Waals surface area contributed by atoms with Crippen molar-refractivity contribution < 1.29 is 9.90 Å². The molecule has 16 heavy (non-hydrogen) atoms. The molecule has 1 amide bonds. The first-order chi connectivity index (χ1) is 7.75. The average Bonchev–Trinajstić information content (AvgIpc) is 2.45. The number of hydrogen-bond donors (Lipinski definition) is 2. The summed E-state index contributed by atoms with van der Waals surface area (Å²) in [4.78, 5) is 13.6. The quantitative estimate of drug-likeness (QED) is 0.772. The molecule has 0 saturated carbocycles. The fraction of sp³-hybridized carbons (Fsp3) is 0.417. The first kappa shape index (κ1) is 11.0. The Labute approximate surface area is 94.9 Å². The largest absolute Gasteiger partial charge is 0.508 e. The molecule has 2 rings (SSSR count). The van der Waals surface area contributed by atoms with E-state index in [4.69, 9.17) is 0 Å². The average molecular weight is 220 g/mol. The van der Waals surface area contributed by atoms with Gasteiger partial charge in [-0.05, 0) is 17.7 Å². The molecule has 1 aromatic rings. The van der Waals surface area contributed by atoms with Crippen molar-refractivity contribution >= 4 is 5.91 Å².